The molecule has 0 radical (unpaired) electrons. The van der Waals surface area contributed by atoms with E-state index in [1.807, 2.05) is 49.1 Å². The van der Waals surface area contributed by atoms with E-state index in [4.69, 9.17) is 9.73 Å². The van der Waals surface area contributed by atoms with Crippen LogP contribution in [-0.2, 0) is 4.79 Å². The molecule has 4 rings (SSSR count). The number of ether oxygens (including phenoxy) is 1. The van der Waals surface area contributed by atoms with Gasteiger partial charge < -0.3 is 14.5 Å². The van der Waals surface area contributed by atoms with Gasteiger partial charge in [0.2, 0.25) is 5.91 Å². The molecule has 146 valence electrons. The van der Waals surface area contributed by atoms with Gasteiger partial charge >= 0.3 is 0 Å². The van der Waals surface area contributed by atoms with Gasteiger partial charge in [0.15, 0.2) is 5.75 Å². The number of carbonyl (C=O) groups is 1. The number of rotatable bonds is 1. The number of nitrogens with zero attached hydrogens (tertiary/aromatic N) is 3. The molecule has 0 saturated carbocycles. The Kier molecular flexibility index (Phi) is 5.07. The van der Waals surface area contributed by atoms with Crippen LogP contribution in [0.25, 0.3) is 0 Å². The minimum Gasteiger partial charge on any atom is -0.454 e. The number of aryl methyl sites for hydroxylation is 1. The van der Waals surface area contributed by atoms with Crippen LogP contribution in [0.5, 0.6) is 11.5 Å². The first-order valence-corrected chi connectivity index (χ1v) is 10.0. The lowest BCUT2D eigenvalue weighted by Crippen LogP contribution is -2.39. The third kappa shape index (κ3) is 3.61. The van der Waals surface area contributed by atoms with Crippen LogP contribution < -0.4 is 4.74 Å². The number of amidine groups is 1. The van der Waals surface area contributed by atoms with Crippen molar-refractivity contribution in [3.05, 3.63) is 53.6 Å². The van der Waals surface area contributed by atoms with Gasteiger partial charge in [-0.2, -0.15) is 0 Å². The molecule has 0 aliphatic carbocycles. The van der Waals surface area contributed by atoms with Crippen LogP contribution in [0.4, 0.5) is 5.69 Å². The first-order chi connectivity index (χ1) is 13.5. The van der Waals surface area contributed by atoms with E-state index in [9.17, 15) is 4.79 Å². The molecule has 5 nitrogen and oxygen atoms in total. The number of hydrogen-bond acceptors (Lipinski definition) is 4. The third-order valence-electron chi connectivity index (χ3n) is 5.29. The molecule has 0 bridgehead atoms. The average molecular weight is 377 g/mol. The highest BCUT2D eigenvalue weighted by Crippen LogP contribution is 2.38. The summed E-state index contributed by atoms with van der Waals surface area (Å²) >= 11 is 0. The van der Waals surface area contributed by atoms with Crippen LogP contribution >= 0.6 is 0 Å². The molecule has 1 fully saturated rings. The number of benzene rings is 2. The number of amides is 1. The van der Waals surface area contributed by atoms with Crippen molar-refractivity contribution in [2.45, 2.75) is 27.2 Å². The smallest absolute Gasteiger partial charge is 0.225 e. The maximum Gasteiger partial charge on any atom is 0.225 e. The van der Waals surface area contributed by atoms with Gasteiger partial charge in [-0.3, -0.25) is 4.79 Å². The monoisotopic (exact) mass is 377 g/mol. The third-order valence-corrected chi connectivity index (χ3v) is 5.29. The number of fused-ring (bicyclic) bond motifs is 2. The Balaban J connectivity index is 1.70. The largest absolute Gasteiger partial charge is 0.454 e. The molecule has 1 amide bonds. The molecule has 2 heterocycles. The summed E-state index contributed by atoms with van der Waals surface area (Å²) in [4.78, 5) is 21.8. The normalized spacial score (nSPS) is 16.5. The van der Waals surface area contributed by atoms with Crippen LogP contribution in [-0.4, -0.2) is 47.7 Å². The molecule has 0 spiro atoms. The molecule has 28 heavy (non-hydrogen) atoms. The number of carbonyl (C=O) groups excluding carboxylic acids is 1. The molecule has 5 heteroatoms. The van der Waals surface area contributed by atoms with Gasteiger partial charge in [-0.1, -0.05) is 37.6 Å². The van der Waals surface area contributed by atoms with E-state index in [0.29, 0.717) is 0 Å². The molecular weight excluding hydrogens is 350 g/mol. The van der Waals surface area contributed by atoms with Gasteiger partial charge in [-0.05, 0) is 37.6 Å². The fourth-order valence-electron chi connectivity index (χ4n) is 3.79. The van der Waals surface area contributed by atoms with Crippen molar-refractivity contribution in [2.75, 3.05) is 26.2 Å². The van der Waals surface area contributed by atoms with Gasteiger partial charge in [0, 0.05) is 32.1 Å². The zero-order valence-electron chi connectivity index (χ0n) is 16.8. The molecule has 1 saturated heterocycles. The van der Waals surface area contributed by atoms with Gasteiger partial charge in [0.05, 0.1) is 5.56 Å². The van der Waals surface area contributed by atoms with Crippen molar-refractivity contribution in [1.82, 2.24) is 9.80 Å². The van der Waals surface area contributed by atoms with E-state index < -0.39 is 0 Å². The second-order valence-corrected chi connectivity index (χ2v) is 7.83. The molecular formula is C23H27N3O2. The molecule has 2 aromatic rings. The summed E-state index contributed by atoms with van der Waals surface area (Å²) in [5, 5.41) is 0. The molecule has 2 aliphatic rings. The Morgan fingerprint density at radius 2 is 1.86 bits per heavy atom. The van der Waals surface area contributed by atoms with Crippen molar-refractivity contribution in [3.63, 3.8) is 0 Å². The molecule has 0 N–H and O–H groups in total. The highest BCUT2D eigenvalue weighted by atomic mass is 16.5. The summed E-state index contributed by atoms with van der Waals surface area (Å²) < 4.78 is 6.19. The van der Waals surface area contributed by atoms with Gasteiger partial charge in [0.1, 0.15) is 17.3 Å². The molecule has 0 aromatic heterocycles. The number of hydrogen-bond donors (Lipinski definition) is 0. The van der Waals surface area contributed by atoms with Crippen LogP contribution in [0.15, 0.2) is 47.5 Å². The topological polar surface area (TPSA) is 45.1 Å². The lowest BCUT2D eigenvalue weighted by atomic mass is 10.1. The Hall–Kier alpha value is -2.82. The Labute approximate surface area is 166 Å². The standard InChI is InChI=1S/C23H27N3O2/c1-16(2)23(27)26-12-6-11-25(13-14-26)22-18-15-17(3)9-10-20(18)28-21-8-5-4-7-19(21)24-22/h4-5,7-10,15-16H,6,11-14H2,1-3H3. The first kappa shape index (κ1) is 18.5. The van der Waals surface area contributed by atoms with Gasteiger partial charge in [-0.25, -0.2) is 4.99 Å². The number of para-hydroxylation sites is 2. The van der Waals surface area contributed by atoms with E-state index in [-0.39, 0.29) is 11.8 Å². The highest BCUT2D eigenvalue weighted by molar-refractivity contribution is 6.04. The summed E-state index contributed by atoms with van der Waals surface area (Å²) in [7, 11) is 0. The summed E-state index contributed by atoms with van der Waals surface area (Å²) in [5.74, 6) is 2.80. The van der Waals surface area contributed by atoms with Crippen LogP contribution in [0.1, 0.15) is 31.4 Å². The summed E-state index contributed by atoms with van der Waals surface area (Å²) in [6.45, 7) is 9.18. The van der Waals surface area contributed by atoms with E-state index in [0.717, 1.165) is 61.2 Å². The summed E-state index contributed by atoms with van der Waals surface area (Å²) in [5.41, 5.74) is 3.03. The van der Waals surface area contributed by atoms with E-state index in [2.05, 4.69) is 24.0 Å². The Morgan fingerprint density at radius 1 is 1.04 bits per heavy atom. The molecule has 0 unspecified atom stereocenters. The van der Waals surface area contributed by atoms with Crippen LogP contribution in [0.3, 0.4) is 0 Å². The Morgan fingerprint density at radius 3 is 2.68 bits per heavy atom. The minimum atomic E-state index is 0.0328. The second-order valence-electron chi connectivity index (χ2n) is 7.83. The summed E-state index contributed by atoms with van der Waals surface area (Å²) in [6, 6.07) is 14.1. The maximum atomic E-state index is 12.5. The maximum absolute atomic E-state index is 12.5. The van der Waals surface area contributed by atoms with E-state index in [1.165, 1.54) is 5.56 Å². The minimum absolute atomic E-state index is 0.0328. The van der Waals surface area contributed by atoms with Crippen molar-refractivity contribution in [2.24, 2.45) is 10.9 Å². The van der Waals surface area contributed by atoms with Crippen molar-refractivity contribution >= 4 is 17.4 Å². The van der Waals surface area contributed by atoms with E-state index in [1.54, 1.807) is 0 Å². The number of aliphatic imine (C=N–C) groups is 1. The SMILES string of the molecule is Cc1ccc2c(c1)C(N1CCCN(C(=O)C(C)C)CC1)=Nc1ccccc1O2. The average Bonchev–Trinajstić information content (AvgIpc) is 3.02. The lowest BCUT2D eigenvalue weighted by Gasteiger charge is -2.26. The molecule has 2 aliphatic heterocycles. The first-order valence-electron chi connectivity index (χ1n) is 10.0. The van der Waals surface area contributed by atoms with Crippen molar-refractivity contribution in [1.29, 1.82) is 0 Å². The second kappa shape index (κ2) is 7.66. The van der Waals surface area contributed by atoms with Crippen LogP contribution in [0.2, 0.25) is 0 Å². The van der Waals surface area contributed by atoms with E-state index >= 15 is 0 Å². The predicted octanol–water partition coefficient (Wildman–Crippen LogP) is 4.37. The van der Waals surface area contributed by atoms with Crippen molar-refractivity contribution < 1.29 is 9.53 Å². The Bertz CT molecular complexity index is 920. The van der Waals surface area contributed by atoms with Crippen molar-refractivity contribution in [3.8, 4) is 11.5 Å². The van der Waals surface area contributed by atoms with Crippen LogP contribution in [0, 0.1) is 12.8 Å². The quantitative estimate of drug-likeness (QED) is 0.741. The predicted molar refractivity (Wildman–Crippen MR) is 112 cm³/mol. The summed E-state index contributed by atoms with van der Waals surface area (Å²) in [6.07, 6.45) is 0.932. The van der Waals surface area contributed by atoms with Gasteiger partial charge in [-0.15, -0.1) is 0 Å². The highest BCUT2D eigenvalue weighted by Gasteiger charge is 2.26. The fourth-order valence-corrected chi connectivity index (χ4v) is 3.79. The zero-order valence-corrected chi connectivity index (χ0v) is 16.8. The fraction of sp³-hybridized carbons (Fsp3) is 0.391. The molecule has 0 atom stereocenters. The van der Waals surface area contributed by atoms with Gasteiger partial charge in [0.25, 0.3) is 0 Å². The lowest BCUT2D eigenvalue weighted by molar-refractivity contribution is -0.134. The zero-order chi connectivity index (χ0) is 19.7. The molecule has 2 aromatic carbocycles.